The molecule has 82 valence electrons. The van der Waals surface area contributed by atoms with Gasteiger partial charge in [0.15, 0.2) is 0 Å². The van der Waals surface area contributed by atoms with E-state index in [2.05, 4.69) is 5.32 Å². The van der Waals surface area contributed by atoms with Crippen molar-refractivity contribution in [1.29, 1.82) is 0 Å². The Morgan fingerprint density at radius 1 is 1.40 bits per heavy atom. The SMILES string of the molecule is OC1(Cc2ccccc2Cl)CCCNC1. The van der Waals surface area contributed by atoms with Crippen LogP contribution in [0.3, 0.4) is 0 Å². The normalized spacial score (nSPS) is 26.5. The van der Waals surface area contributed by atoms with Crippen molar-refractivity contribution in [2.45, 2.75) is 24.9 Å². The Labute approximate surface area is 95.3 Å². The average Bonchev–Trinajstić information content (AvgIpc) is 2.22. The van der Waals surface area contributed by atoms with Gasteiger partial charge < -0.3 is 10.4 Å². The number of aliphatic hydroxyl groups is 1. The minimum absolute atomic E-state index is 0.622. The molecule has 0 saturated carbocycles. The Morgan fingerprint density at radius 2 is 2.20 bits per heavy atom. The first-order chi connectivity index (χ1) is 7.20. The van der Waals surface area contributed by atoms with E-state index >= 15 is 0 Å². The third-order valence-corrected chi connectivity index (χ3v) is 3.30. The van der Waals surface area contributed by atoms with Gasteiger partial charge >= 0.3 is 0 Å². The monoisotopic (exact) mass is 225 g/mol. The van der Waals surface area contributed by atoms with Crippen LogP contribution in [0.25, 0.3) is 0 Å². The Balaban J connectivity index is 2.10. The van der Waals surface area contributed by atoms with E-state index in [4.69, 9.17) is 11.6 Å². The molecule has 0 radical (unpaired) electrons. The van der Waals surface area contributed by atoms with Crippen LogP contribution in [0, 0.1) is 0 Å². The predicted molar refractivity (Wildman–Crippen MR) is 62.2 cm³/mol. The smallest absolute Gasteiger partial charge is 0.0812 e. The summed E-state index contributed by atoms with van der Waals surface area (Å²) in [5, 5.41) is 14.3. The summed E-state index contributed by atoms with van der Waals surface area (Å²) in [6, 6.07) is 7.72. The summed E-state index contributed by atoms with van der Waals surface area (Å²) in [4.78, 5) is 0. The van der Waals surface area contributed by atoms with E-state index in [1.165, 1.54) is 0 Å². The van der Waals surface area contributed by atoms with Crippen LogP contribution < -0.4 is 5.32 Å². The lowest BCUT2D eigenvalue weighted by molar-refractivity contribution is 0.0170. The standard InChI is InChI=1S/C12H16ClNO/c13-11-5-2-1-4-10(11)8-12(15)6-3-7-14-9-12/h1-2,4-5,14-15H,3,6-9H2. The zero-order valence-corrected chi connectivity index (χ0v) is 9.43. The first-order valence-corrected chi connectivity index (χ1v) is 5.74. The van der Waals surface area contributed by atoms with Gasteiger partial charge in [0.2, 0.25) is 0 Å². The first kappa shape index (κ1) is 10.9. The largest absolute Gasteiger partial charge is 0.388 e. The number of β-amino-alcohol motifs (C(OH)–C–C–N with tert-alkyl or cyclic N) is 1. The maximum absolute atomic E-state index is 10.3. The molecular weight excluding hydrogens is 210 g/mol. The summed E-state index contributed by atoms with van der Waals surface area (Å²) in [7, 11) is 0. The fourth-order valence-corrected chi connectivity index (χ4v) is 2.30. The van der Waals surface area contributed by atoms with Crippen LogP contribution >= 0.6 is 11.6 Å². The Bertz CT molecular complexity index is 334. The topological polar surface area (TPSA) is 32.3 Å². The summed E-state index contributed by atoms with van der Waals surface area (Å²) in [5.74, 6) is 0. The Kier molecular flexibility index (Phi) is 3.29. The van der Waals surface area contributed by atoms with E-state index in [9.17, 15) is 5.11 Å². The average molecular weight is 226 g/mol. The lowest BCUT2D eigenvalue weighted by Gasteiger charge is -2.33. The van der Waals surface area contributed by atoms with E-state index in [0.29, 0.717) is 13.0 Å². The van der Waals surface area contributed by atoms with E-state index in [-0.39, 0.29) is 0 Å². The first-order valence-electron chi connectivity index (χ1n) is 5.36. The predicted octanol–water partition coefficient (Wildman–Crippen LogP) is 2.00. The van der Waals surface area contributed by atoms with Gasteiger partial charge in [-0.2, -0.15) is 0 Å². The van der Waals surface area contributed by atoms with E-state index < -0.39 is 5.60 Å². The van der Waals surface area contributed by atoms with Gasteiger partial charge in [0.25, 0.3) is 0 Å². The molecule has 15 heavy (non-hydrogen) atoms. The van der Waals surface area contributed by atoms with Crippen molar-refractivity contribution in [3.63, 3.8) is 0 Å². The maximum Gasteiger partial charge on any atom is 0.0812 e. The molecule has 0 bridgehead atoms. The molecule has 1 aliphatic heterocycles. The summed E-state index contributed by atoms with van der Waals surface area (Å²) in [6.07, 6.45) is 2.52. The van der Waals surface area contributed by atoms with Gasteiger partial charge in [-0.25, -0.2) is 0 Å². The molecule has 1 unspecified atom stereocenters. The highest BCUT2D eigenvalue weighted by Crippen LogP contribution is 2.25. The third-order valence-electron chi connectivity index (χ3n) is 2.93. The highest BCUT2D eigenvalue weighted by Gasteiger charge is 2.29. The van der Waals surface area contributed by atoms with Crippen molar-refractivity contribution in [1.82, 2.24) is 5.32 Å². The zero-order chi connectivity index (χ0) is 10.7. The van der Waals surface area contributed by atoms with Gasteiger partial charge in [0.05, 0.1) is 5.60 Å². The van der Waals surface area contributed by atoms with Crippen molar-refractivity contribution < 1.29 is 5.11 Å². The molecule has 1 atom stereocenters. The molecule has 0 spiro atoms. The number of piperidine rings is 1. The molecule has 0 amide bonds. The number of benzene rings is 1. The summed E-state index contributed by atoms with van der Waals surface area (Å²) >= 11 is 6.07. The van der Waals surface area contributed by atoms with Crippen LogP contribution in [-0.2, 0) is 6.42 Å². The summed E-state index contributed by atoms with van der Waals surface area (Å²) in [6.45, 7) is 1.67. The molecule has 1 saturated heterocycles. The van der Waals surface area contributed by atoms with Crippen LogP contribution in [0.2, 0.25) is 5.02 Å². The van der Waals surface area contributed by atoms with E-state index in [1.807, 2.05) is 24.3 Å². The molecule has 0 aliphatic carbocycles. The molecule has 1 aromatic carbocycles. The molecule has 1 aliphatic rings. The van der Waals surface area contributed by atoms with Crippen molar-refractivity contribution in [2.75, 3.05) is 13.1 Å². The fraction of sp³-hybridized carbons (Fsp3) is 0.500. The Hall–Kier alpha value is -0.570. The van der Waals surface area contributed by atoms with Crippen LogP contribution in [0.1, 0.15) is 18.4 Å². The zero-order valence-electron chi connectivity index (χ0n) is 8.67. The molecule has 2 N–H and O–H groups in total. The Morgan fingerprint density at radius 3 is 2.87 bits per heavy atom. The molecular formula is C12H16ClNO. The van der Waals surface area contributed by atoms with E-state index in [0.717, 1.165) is 30.0 Å². The molecule has 2 nitrogen and oxygen atoms in total. The number of halogens is 1. The molecule has 1 fully saturated rings. The van der Waals surface area contributed by atoms with Crippen molar-refractivity contribution in [3.8, 4) is 0 Å². The molecule has 3 heteroatoms. The number of rotatable bonds is 2. The number of nitrogens with one attached hydrogen (secondary N) is 1. The minimum Gasteiger partial charge on any atom is -0.388 e. The highest BCUT2D eigenvalue weighted by molar-refractivity contribution is 6.31. The highest BCUT2D eigenvalue weighted by atomic mass is 35.5. The van der Waals surface area contributed by atoms with Crippen LogP contribution in [0.15, 0.2) is 24.3 Å². The van der Waals surface area contributed by atoms with Gasteiger partial charge in [-0.15, -0.1) is 0 Å². The lowest BCUT2D eigenvalue weighted by atomic mass is 9.87. The molecule has 1 heterocycles. The van der Waals surface area contributed by atoms with Gasteiger partial charge in [0, 0.05) is 18.0 Å². The van der Waals surface area contributed by atoms with Crippen LogP contribution in [0.4, 0.5) is 0 Å². The van der Waals surface area contributed by atoms with E-state index in [1.54, 1.807) is 0 Å². The van der Waals surface area contributed by atoms with Gasteiger partial charge in [0.1, 0.15) is 0 Å². The maximum atomic E-state index is 10.3. The molecule has 1 aromatic rings. The van der Waals surface area contributed by atoms with Crippen molar-refractivity contribution >= 4 is 11.6 Å². The van der Waals surface area contributed by atoms with Gasteiger partial charge in [-0.05, 0) is 31.0 Å². The summed E-state index contributed by atoms with van der Waals surface area (Å²) < 4.78 is 0. The number of hydrogen-bond acceptors (Lipinski definition) is 2. The second kappa shape index (κ2) is 4.52. The third kappa shape index (κ3) is 2.71. The van der Waals surface area contributed by atoms with Gasteiger partial charge in [-0.1, -0.05) is 29.8 Å². The quantitative estimate of drug-likeness (QED) is 0.807. The second-order valence-corrected chi connectivity index (χ2v) is 4.68. The van der Waals surface area contributed by atoms with Crippen molar-refractivity contribution in [2.24, 2.45) is 0 Å². The molecule has 2 rings (SSSR count). The van der Waals surface area contributed by atoms with Crippen molar-refractivity contribution in [3.05, 3.63) is 34.9 Å². The van der Waals surface area contributed by atoms with Crippen LogP contribution in [0.5, 0.6) is 0 Å². The second-order valence-electron chi connectivity index (χ2n) is 4.27. The van der Waals surface area contributed by atoms with Crippen LogP contribution in [-0.4, -0.2) is 23.8 Å². The number of hydrogen-bond donors (Lipinski definition) is 2. The van der Waals surface area contributed by atoms with Gasteiger partial charge in [-0.3, -0.25) is 0 Å². The minimum atomic E-state index is -0.622. The fourth-order valence-electron chi connectivity index (χ4n) is 2.10. The molecule has 0 aromatic heterocycles. The lowest BCUT2D eigenvalue weighted by Crippen LogP contribution is -2.47. The summed E-state index contributed by atoms with van der Waals surface area (Å²) in [5.41, 5.74) is 0.411.